The Kier molecular flexibility index (Phi) is 5.98. The molecule has 0 aliphatic carbocycles. The summed E-state index contributed by atoms with van der Waals surface area (Å²) >= 11 is 1.34. The van der Waals surface area contributed by atoms with Gasteiger partial charge in [0.1, 0.15) is 5.75 Å². The highest BCUT2D eigenvalue weighted by Gasteiger charge is 2.14. The molecular formula is C18H22N2O3S. The van der Waals surface area contributed by atoms with Gasteiger partial charge in [0.25, 0.3) is 11.8 Å². The van der Waals surface area contributed by atoms with Gasteiger partial charge in [0.2, 0.25) is 0 Å². The summed E-state index contributed by atoms with van der Waals surface area (Å²) in [6.07, 6.45) is 0. The first kappa shape index (κ1) is 18.0. The van der Waals surface area contributed by atoms with Gasteiger partial charge in [0, 0.05) is 36.6 Å². The van der Waals surface area contributed by atoms with E-state index in [1.807, 2.05) is 26.0 Å². The van der Waals surface area contributed by atoms with Crippen molar-refractivity contribution in [2.75, 3.05) is 14.2 Å². The molecule has 0 aliphatic heterocycles. The van der Waals surface area contributed by atoms with Crippen molar-refractivity contribution in [1.29, 1.82) is 0 Å². The molecule has 0 saturated carbocycles. The Morgan fingerprint density at radius 3 is 2.46 bits per heavy atom. The van der Waals surface area contributed by atoms with Crippen molar-refractivity contribution in [2.24, 2.45) is 0 Å². The first-order valence-corrected chi connectivity index (χ1v) is 8.57. The lowest BCUT2D eigenvalue weighted by molar-refractivity contribution is 0.0754. The van der Waals surface area contributed by atoms with Crippen LogP contribution in [0.1, 0.15) is 39.4 Å². The van der Waals surface area contributed by atoms with Crippen molar-refractivity contribution >= 4 is 23.2 Å². The monoisotopic (exact) mass is 346 g/mol. The molecule has 2 aromatic rings. The molecule has 0 spiro atoms. The molecule has 24 heavy (non-hydrogen) atoms. The fraction of sp³-hybridized carbons (Fsp3) is 0.333. The number of thiophene rings is 1. The Labute approximate surface area is 146 Å². The summed E-state index contributed by atoms with van der Waals surface area (Å²) < 4.78 is 5.07. The molecule has 0 saturated heterocycles. The lowest BCUT2D eigenvalue weighted by Gasteiger charge is -2.21. The van der Waals surface area contributed by atoms with Crippen molar-refractivity contribution in [1.82, 2.24) is 10.2 Å². The van der Waals surface area contributed by atoms with Gasteiger partial charge < -0.3 is 15.0 Å². The maximum atomic E-state index is 12.2. The van der Waals surface area contributed by atoms with Crippen LogP contribution < -0.4 is 10.1 Å². The van der Waals surface area contributed by atoms with Gasteiger partial charge in [-0.05, 0) is 31.5 Å². The number of hydrogen-bond acceptors (Lipinski definition) is 4. The third kappa shape index (κ3) is 4.35. The molecule has 2 rings (SSSR count). The lowest BCUT2D eigenvalue weighted by atomic mass is 10.1. The fourth-order valence-electron chi connectivity index (χ4n) is 2.02. The minimum atomic E-state index is -0.136. The van der Waals surface area contributed by atoms with E-state index >= 15 is 0 Å². The van der Waals surface area contributed by atoms with Crippen LogP contribution >= 0.6 is 11.3 Å². The van der Waals surface area contributed by atoms with Gasteiger partial charge in [0.05, 0.1) is 12.0 Å². The second-order valence-electron chi connectivity index (χ2n) is 5.74. The van der Waals surface area contributed by atoms with Crippen LogP contribution in [0.2, 0.25) is 0 Å². The fourth-order valence-corrected chi connectivity index (χ4v) is 2.79. The van der Waals surface area contributed by atoms with E-state index in [1.54, 1.807) is 42.6 Å². The SMILES string of the molecule is COc1csc(C(=O)NCc2ccc(C(=O)N(C)C(C)C)cc2)c1. The van der Waals surface area contributed by atoms with Crippen LogP contribution in [0.25, 0.3) is 0 Å². The van der Waals surface area contributed by atoms with Gasteiger partial charge in [-0.2, -0.15) is 0 Å². The lowest BCUT2D eigenvalue weighted by Crippen LogP contribution is -2.32. The highest BCUT2D eigenvalue weighted by molar-refractivity contribution is 7.12. The number of amides is 2. The molecule has 2 amide bonds. The number of hydrogen-bond donors (Lipinski definition) is 1. The summed E-state index contributed by atoms with van der Waals surface area (Å²) in [4.78, 5) is 26.6. The summed E-state index contributed by atoms with van der Waals surface area (Å²) in [7, 11) is 3.36. The topological polar surface area (TPSA) is 58.6 Å². The summed E-state index contributed by atoms with van der Waals surface area (Å²) in [6, 6.07) is 9.16. The van der Waals surface area contributed by atoms with E-state index in [1.165, 1.54) is 11.3 Å². The number of benzene rings is 1. The molecule has 0 fully saturated rings. The number of nitrogens with zero attached hydrogens (tertiary/aromatic N) is 1. The molecule has 1 heterocycles. The number of carbonyl (C=O) groups is 2. The number of carbonyl (C=O) groups excluding carboxylic acids is 2. The molecule has 0 bridgehead atoms. The van der Waals surface area contributed by atoms with Gasteiger partial charge in [-0.25, -0.2) is 0 Å². The number of rotatable bonds is 6. The second-order valence-corrected chi connectivity index (χ2v) is 6.65. The molecule has 5 nitrogen and oxygen atoms in total. The summed E-state index contributed by atoms with van der Waals surface area (Å²) in [5.74, 6) is 0.538. The first-order chi connectivity index (χ1) is 11.4. The van der Waals surface area contributed by atoms with E-state index in [-0.39, 0.29) is 17.9 Å². The van der Waals surface area contributed by atoms with E-state index in [0.717, 1.165) is 5.56 Å². The van der Waals surface area contributed by atoms with Gasteiger partial charge in [0.15, 0.2) is 0 Å². The van der Waals surface area contributed by atoms with Crippen LogP contribution in [0.3, 0.4) is 0 Å². The summed E-state index contributed by atoms with van der Waals surface area (Å²) in [5, 5.41) is 4.66. The molecule has 0 aliphatic rings. The Morgan fingerprint density at radius 2 is 1.92 bits per heavy atom. The van der Waals surface area contributed by atoms with Gasteiger partial charge in [-0.15, -0.1) is 11.3 Å². The van der Waals surface area contributed by atoms with Crippen molar-refractivity contribution < 1.29 is 14.3 Å². The van der Waals surface area contributed by atoms with Gasteiger partial charge in [-0.3, -0.25) is 9.59 Å². The molecule has 1 aromatic heterocycles. The number of methoxy groups -OCH3 is 1. The predicted octanol–water partition coefficient (Wildman–Crippen LogP) is 3.17. The van der Waals surface area contributed by atoms with Crippen molar-refractivity contribution in [3.8, 4) is 5.75 Å². The average molecular weight is 346 g/mol. The van der Waals surface area contributed by atoms with E-state index in [0.29, 0.717) is 22.7 Å². The number of nitrogens with one attached hydrogen (secondary N) is 1. The van der Waals surface area contributed by atoms with E-state index in [4.69, 9.17) is 4.74 Å². The molecule has 1 N–H and O–H groups in total. The van der Waals surface area contributed by atoms with Crippen molar-refractivity contribution in [2.45, 2.75) is 26.4 Å². The molecule has 0 radical (unpaired) electrons. The smallest absolute Gasteiger partial charge is 0.261 e. The van der Waals surface area contributed by atoms with Gasteiger partial charge in [-0.1, -0.05) is 12.1 Å². The van der Waals surface area contributed by atoms with Crippen LogP contribution in [0.5, 0.6) is 5.75 Å². The molecule has 0 unspecified atom stereocenters. The van der Waals surface area contributed by atoms with Crippen LogP contribution in [0.15, 0.2) is 35.7 Å². The maximum absolute atomic E-state index is 12.2. The Morgan fingerprint density at radius 1 is 1.25 bits per heavy atom. The third-order valence-electron chi connectivity index (χ3n) is 3.78. The molecule has 0 atom stereocenters. The first-order valence-electron chi connectivity index (χ1n) is 7.69. The number of ether oxygens (including phenoxy) is 1. The quantitative estimate of drug-likeness (QED) is 0.874. The molecule has 6 heteroatoms. The van der Waals surface area contributed by atoms with Crippen LogP contribution in [0, 0.1) is 0 Å². The normalized spacial score (nSPS) is 10.5. The van der Waals surface area contributed by atoms with E-state index in [2.05, 4.69) is 5.32 Å². The van der Waals surface area contributed by atoms with E-state index < -0.39 is 0 Å². The highest BCUT2D eigenvalue weighted by Crippen LogP contribution is 2.21. The van der Waals surface area contributed by atoms with Crippen LogP contribution in [0.4, 0.5) is 0 Å². The Balaban J connectivity index is 1.94. The minimum absolute atomic E-state index is 0.00809. The molecule has 128 valence electrons. The van der Waals surface area contributed by atoms with Crippen molar-refractivity contribution in [3.63, 3.8) is 0 Å². The zero-order valence-electron chi connectivity index (χ0n) is 14.3. The standard InChI is InChI=1S/C18H22N2O3S/c1-12(2)20(3)18(22)14-7-5-13(6-8-14)10-19-17(21)16-9-15(23-4)11-24-16/h5-9,11-12H,10H2,1-4H3,(H,19,21). The summed E-state index contributed by atoms with van der Waals surface area (Å²) in [5.41, 5.74) is 1.58. The highest BCUT2D eigenvalue weighted by atomic mass is 32.1. The van der Waals surface area contributed by atoms with Crippen molar-refractivity contribution in [3.05, 3.63) is 51.7 Å². The zero-order chi connectivity index (χ0) is 17.7. The van der Waals surface area contributed by atoms with Crippen LogP contribution in [-0.4, -0.2) is 36.9 Å². The van der Waals surface area contributed by atoms with Gasteiger partial charge >= 0.3 is 0 Å². The Bertz CT molecular complexity index is 707. The maximum Gasteiger partial charge on any atom is 0.261 e. The molecule has 1 aromatic carbocycles. The molecular weight excluding hydrogens is 324 g/mol. The largest absolute Gasteiger partial charge is 0.496 e. The Hall–Kier alpha value is -2.34. The average Bonchev–Trinajstić information content (AvgIpc) is 3.08. The predicted molar refractivity (Wildman–Crippen MR) is 95.7 cm³/mol. The minimum Gasteiger partial charge on any atom is -0.496 e. The second kappa shape index (κ2) is 7.97. The van der Waals surface area contributed by atoms with E-state index in [9.17, 15) is 9.59 Å². The summed E-state index contributed by atoms with van der Waals surface area (Å²) in [6.45, 7) is 4.36. The zero-order valence-corrected chi connectivity index (χ0v) is 15.1. The van der Waals surface area contributed by atoms with Crippen LogP contribution in [-0.2, 0) is 6.54 Å². The third-order valence-corrected chi connectivity index (χ3v) is 4.69.